The fraction of sp³-hybridized carbons (Fsp3) is 0.500. The molecule has 1 aliphatic carbocycles. The molecule has 98 valence electrons. The molecule has 1 fully saturated rings. The van der Waals surface area contributed by atoms with Crippen LogP contribution in [0.25, 0.3) is 0 Å². The number of rotatable bonds is 5. The maximum Gasteiger partial charge on any atom is 0.339 e. The molecule has 1 aromatic rings. The molecule has 0 aliphatic heterocycles. The molecule has 1 aromatic carbocycles. The number of benzene rings is 1. The minimum Gasteiger partial charge on any atom is -0.464 e. The van der Waals surface area contributed by atoms with Crippen molar-refractivity contribution in [1.82, 2.24) is 0 Å². The smallest absolute Gasteiger partial charge is 0.339 e. The van der Waals surface area contributed by atoms with E-state index in [4.69, 9.17) is 4.74 Å². The van der Waals surface area contributed by atoms with Crippen LogP contribution >= 0.6 is 0 Å². The van der Waals surface area contributed by atoms with Gasteiger partial charge in [0.1, 0.15) is 0 Å². The third kappa shape index (κ3) is 3.09. The van der Waals surface area contributed by atoms with E-state index in [-0.39, 0.29) is 6.61 Å². The second kappa shape index (κ2) is 5.08. The van der Waals surface area contributed by atoms with Crippen LogP contribution in [0.15, 0.2) is 24.3 Å². The molecule has 0 aromatic heterocycles. The Bertz CT molecular complexity index is 420. The normalized spacial score (nSPS) is 18.2. The molecular weight excluding hydrogens is 232 g/mol. The maximum atomic E-state index is 11.4. The molecular formula is C14H18O4. The van der Waals surface area contributed by atoms with E-state index in [2.05, 4.69) is 0 Å². The topological polar surface area (TPSA) is 66.8 Å². The lowest BCUT2D eigenvalue weighted by molar-refractivity contribution is -0.153. The van der Waals surface area contributed by atoms with Crippen molar-refractivity contribution in [3.05, 3.63) is 35.4 Å². The summed E-state index contributed by atoms with van der Waals surface area (Å²) in [6, 6.07) is 7.05. The highest BCUT2D eigenvalue weighted by atomic mass is 16.5. The van der Waals surface area contributed by atoms with Crippen molar-refractivity contribution in [3.63, 3.8) is 0 Å². The summed E-state index contributed by atoms with van der Waals surface area (Å²) in [6.07, 6.45) is 1.09. The average Bonchev–Trinajstić information content (AvgIpc) is 3.07. The van der Waals surface area contributed by atoms with Crippen LogP contribution in [0, 0.1) is 0 Å². The van der Waals surface area contributed by atoms with Crippen LogP contribution in [-0.2, 0) is 16.0 Å². The van der Waals surface area contributed by atoms with Gasteiger partial charge in [-0.1, -0.05) is 24.3 Å². The number of hydrogen-bond acceptors (Lipinski definition) is 4. The van der Waals surface area contributed by atoms with Gasteiger partial charge in [0.2, 0.25) is 0 Å². The van der Waals surface area contributed by atoms with Gasteiger partial charge in [-0.2, -0.15) is 0 Å². The Morgan fingerprint density at radius 1 is 1.39 bits per heavy atom. The molecule has 4 heteroatoms. The Kier molecular flexibility index (Phi) is 3.68. The van der Waals surface area contributed by atoms with Gasteiger partial charge in [0.25, 0.3) is 0 Å². The van der Waals surface area contributed by atoms with Gasteiger partial charge in [0.05, 0.1) is 12.2 Å². The highest BCUT2D eigenvalue weighted by Crippen LogP contribution is 2.38. The molecule has 4 nitrogen and oxygen atoms in total. The molecule has 0 bridgehead atoms. The van der Waals surface area contributed by atoms with Crippen LogP contribution in [0.5, 0.6) is 0 Å². The van der Waals surface area contributed by atoms with E-state index in [1.807, 2.05) is 12.1 Å². The van der Waals surface area contributed by atoms with E-state index in [1.165, 1.54) is 0 Å². The summed E-state index contributed by atoms with van der Waals surface area (Å²) in [4.78, 5) is 11.4. The molecule has 2 rings (SSSR count). The number of hydrogen-bond donors (Lipinski definition) is 2. The fourth-order valence-electron chi connectivity index (χ4n) is 1.88. The summed E-state index contributed by atoms with van der Waals surface area (Å²) in [7, 11) is 0. The first-order valence-electron chi connectivity index (χ1n) is 6.20. The van der Waals surface area contributed by atoms with E-state index in [0.717, 1.165) is 18.4 Å². The lowest BCUT2D eigenvalue weighted by Gasteiger charge is -2.11. The third-order valence-corrected chi connectivity index (χ3v) is 3.17. The number of carbonyl (C=O) groups excluding carboxylic acids is 1. The standard InChI is InChI=1S/C14H18O4/c1-2-18-13(16)12(15)11-5-3-10(4-6-11)9-14(17)7-8-14/h3-6,12,15,17H,2,7-9H2,1H3. The zero-order valence-electron chi connectivity index (χ0n) is 10.4. The van der Waals surface area contributed by atoms with Crippen LogP contribution in [0.1, 0.15) is 37.0 Å². The van der Waals surface area contributed by atoms with Gasteiger partial charge in [-0.15, -0.1) is 0 Å². The predicted octanol–water partition coefficient (Wildman–Crippen LogP) is 1.35. The quantitative estimate of drug-likeness (QED) is 0.774. The van der Waals surface area contributed by atoms with Crippen molar-refractivity contribution in [2.75, 3.05) is 6.61 Å². The number of ether oxygens (including phenoxy) is 1. The molecule has 0 amide bonds. The number of carbonyl (C=O) groups is 1. The van der Waals surface area contributed by atoms with Crippen LogP contribution in [-0.4, -0.2) is 28.4 Å². The second-order valence-electron chi connectivity index (χ2n) is 4.80. The van der Waals surface area contributed by atoms with E-state index >= 15 is 0 Å². The Balaban J connectivity index is 2.00. The fourth-order valence-corrected chi connectivity index (χ4v) is 1.88. The van der Waals surface area contributed by atoms with Crippen LogP contribution in [0.2, 0.25) is 0 Å². The first-order valence-corrected chi connectivity index (χ1v) is 6.20. The predicted molar refractivity (Wildman–Crippen MR) is 65.9 cm³/mol. The van der Waals surface area contributed by atoms with E-state index < -0.39 is 17.7 Å². The molecule has 1 saturated carbocycles. The summed E-state index contributed by atoms with van der Waals surface area (Å²) in [5, 5.41) is 19.5. The number of aliphatic hydroxyl groups excluding tert-OH is 1. The van der Waals surface area contributed by atoms with E-state index in [1.54, 1.807) is 19.1 Å². The molecule has 0 saturated heterocycles. The van der Waals surface area contributed by atoms with Gasteiger partial charge in [0, 0.05) is 6.42 Å². The largest absolute Gasteiger partial charge is 0.464 e. The first kappa shape index (κ1) is 13.1. The molecule has 1 atom stereocenters. The SMILES string of the molecule is CCOC(=O)C(O)c1ccc(CC2(O)CC2)cc1. The monoisotopic (exact) mass is 250 g/mol. The average molecular weight is 250 g/mol. The van der Waals surface area contributed by atoms with Crippen LogP contribution in [0.3, 0.4) is 0 Å². The van der Waals surface area contributed by atoms with Gasteiger partial charge in [-0.3, -0.25) is 0 Å². The second-order valence-corrected chi connectivity index (χ2v) is 4.80. The van der Waals surface area contributed by atoms with Gasteiger partial charge in [-0.25, -0.2) is 4.79 Å². The Morgan fingerprint density at radius 3 is 2.50 bits per heavy atom. The van der Waals surface area contributed by atoms with Gasteiger partial charge in [-0.05, 0) is 30.9 Å². The summed E-state index contributed by atoms with van der Waals surface area (Å²) >= 11 is 0. The Labute approximate surface area is 106 Å². The molecule has 18 heavy (non-hydrogen) atoms. The molecule has 0 spiro atoms. The zero-order chi connectivity index (χ0) is 13.2. The molecule has 1 aliphatic rings. The maximum absolute atomic E-state index is 11.4. The van der Waals surface area contributed by atoms with Crippen LogP contribution < -0.4 is 0 Å². The van der Waals surface area contributed by atoms with Crippen molar-refractivity contribution >= 4 is 5.97 Å². The lowest BCUT2D eigenvalue weighted by Crippen LogP contribution is -2.15. The highest BCUT2D eigenvalue weighted by molar-refractivity contribution is 5.76. The minimum absolute atomic E-state index is 0.251. The van der Waals surface area contributed by atoms with Gasteiger partial charge in [0.15, 0.2) is 6.10 Å². The minimum atomic E-state index is -1.23. The van der Waals surface area contributed by atoms with E-state index in [9.17, 15) is 15.0 Å². The highest BCUT2D eigenvalue weighted by Gasteiger charge is 2.40. The molecule has 0 heterocycles. The number of aliphatic hydroxyl groups is 2. The van der Waals surface area contributed by atoms with Crippen LogP contribution in [0.4, 0.5) is 0 Å². The van der Waals surface area contributed by atoms with Crippen molar-refractivity contribution < 1.29 is 19.7 Å². The van der Waals surface area contributed by atoms with Gasteiger partial charge >= 0.3 is 5.97 Å². The lowest BCUT2D eigenvalue weighted by atomic mass is 10.0. The van der Waals surface area contributed by atoms with Crippen molar-refractivity contribution in [1.29, 1.82) is 0 Å². The van der Waals surface area contributed by atoms with Crippen molar-refractivity contribution in [2.24, 2.45) is 0 Å². The van der Waals surface area contributed by atoms with Crippen molar-refractivity contribution in [2.45, 2.75) is 37.9 Å². The summed E-state index contributed by atoms with van der Waals surface area (Å²) in [5.74, 6) is -0.633. The zero-order valence-corrected chi connectivity index (χ0v) is 10.4. The summed E-state index contributed by atoms with van der Waals surface area (Å²) in [5.41, 5.74) is 0.996. The molecule has 1 unspecified atom stereocenters. The van der Waals surface area contributed by atoms with Crippen molar-refractivity contribution in [3.8, 4) is 0 Å². The Hall–Kier alpha value is -1.39. The number of esters is 1. The van der Waals surface area contributed by atoms with Gasteiger partial charge < -0.3 is 14.9 Å². The summed E-state index contributed by atoms with van der Waals surface area (Å²) in [6.45, 7) is 1.95. The molecule has 2 N–H and O–H groups in total. The molecule has 0 radical (unpaired) electrons. The van der Waals surface area contributed by atoms with E-state index in [0.29, 0.717) is 12.0 Å². The third-order valence-electron chi connectivity index (χ3n) is 3.17. The first-order chi connectivity index (χ1) is 8.54. The summed E-state index contributed by atoms with van der Waals surface area (Å²) < 4.78 is 4.75. The Morgan fingerprint density at radius 2 is 2.00 bits per heavy atom.